The molecular weight excluding hydrogens is 320 g/mol. The van der Waals surface area contributed by atoms with Gasteiger partial charge in [0.1, 0.15) is 17.2 Å². The van der Waals surface area contributed by atoms with Gasteiger partial charge in [-0.05, 0) is 24.3 Å². The van der Waals surface area contributed by atoms with Crippen LogP contribution in [0.3, 0.4) is 0 Å². The highest BCUT2D eigenvalue weighted by Gasteiger charge is 2.06. The minimum absolute atomic E-state index is 0.134. The number of allylic oxidation sites excluding steroid dienone is 1. The van der Waals surface area contributed by atoms with E-state index in [2.05, 4.69) is 27.1 Å². The van der Waals surface area contributed by atoms with Crippen LogP contribution in [0, 0.1) is 0 Å². The van der Waals surface area contributed by atoms with Gasteiger partial charge in [-0.15, -0.1) is 10.2 Å². The van der Waals surface area contributed by atoms with Gasteiger partial charge >= 0.3 is 0 Å². The van der Waals surface area contributed by atoms with Crippen molar-refractivity contribution in [1.29, 1.82) is 0 Å². The van der Waals surface area contributed by atoms with Gasteiger partial charge in [-0.2, -0.15) is 0 Å². The monoisotopic (exact) mass is 340 g/mol. The summed E-state index contributed by atoms with van der Waals surface area (Å²) in [5.74, 6) is 1.26. The number of hydrogen-bond acceptors (Lipinski definition) is 7. The Bertz CT molecular complexity index is 803. The Morgan fingerprint density at radius 1 is 1.24 bits per heavy atom. The maximum Gasteiger partial charge on any atom is 0.239 e. The number of amides is 1. The molecule has 0 aliphatic heterocycles. The predicted octanol–water partition coefficient (Wildman–Crippen LogP) is 3.28. The zero-order valence-corrected chi connectivity index (χ0v) is 13.9. The quantitative estimate of drug-likeness (QED) is 0.526. The summed E-state index contributed by atoms with van der Waals surface area (Å²) >= 11 is 0. The number of aromatic nitrogens is 1. The third kappa shape index (κ3) is 5.11. The number of pyridine rings is 1. The fraction of sp³-hybridized carbons (Fsp3) is 0.176. The van der Waals surface area contributed by atoms with Crippen molar-refractivity contribution in [3.63, 3.8) is 0 Å². The third-order valence-electron chi connectivity index (χ3n) is 3.13. The average Bonchev–Trinajstić information content (AvgIpc) is 2.62. The SMILES string of the molecule is C=C(CC)Oc1ccccc1/N=N/c1ccc(NC(=O)CN)nc1N. The average molecular weight is 340 g/mol. The number of azo groups is 1. The molecule has 0 radical (unpaired) electrons. The second-order valence-electron chi connectivity index (χ2n) is 5.02. The van der Waals surface area contributed by atoms with Crippen LogP contribution in [-0.4, -0.2) is 17.4 Å². The molecule has 8 heteroatoms. The number of rotatable bonds is 7. The molecule has 8 nitrogen and oxygen atoms in total. The number of ether oxygens (including phenoxy) is 1. The molecule has 5 N–H and O–H groups in total. The molecule has 0 saturated carbocycles. The van der Waals surface area contributed by atoms with Gasteiger partial charge in [0.25, 0.3) is 0 Å². The van der Waals surface area contributed by atoms with Crippen molar-refractivity contribution in [1.82, 2.24) is 4.98 Å². The number of nitrogens with one attached hydrogen (secondary N) is 1. The topological polar surface area (TPSA) is 128 Å². The lowest BCUT2D eigenvalue weighted by molar-refractivity contribution is -0.114. The standard InChI is InChI=1S/C17H20N6O2/c1-3-11(2)25-14-7-5-4-6-12(14)22-23-13-8-9-15(21-17(13)19)20-16(24)10-18/h4-9H,2-3,10,18H2,1H3,(H3,19,20,21,24)/b23-22+. The molecule has 0 fully saturated rings. The van der Waals surface area contributed by atoms with E-state index in [0.29, 0.717) is 35.1 Å². The van der Waals surface area contributed by atoms with E-state index in [1.807, 2.05) is 19.1 Å². The van der Waals surface area contributed by atoms with Gasteiger partial charge in [-0.25, -0.2) is 4.98 Å². The van der Waals surface area contributed by atoms with Crippen molar-refractivity contribution in [2.24, 2.45) is 16.0 Å². The molecule has 1 heterocycles. The number of carbonyl (C=O) groups excluding carboxylic acids is 1. The molecule has 130 valence electrons. The number of carbonyl (C=O) groups is 1. The summed E-state index contributed by atoms with van der Waals surface area (Å²) in [5.41, 5.74) is 12.0. The highest BCUT2D eigenvalue weighted by molar-refractivity contribution is 5.91. The lowest BCUT2D eigenvalue weighted by atomic mass is 10.3. The van der Waals surface area contributed by atoms with E-state index < -0.39 is 0 Å². The summed E-state index contributed by atoms with van der Waals surface area (Å²) in [7, 11) is 0. The molecule has 0 aliphatic carbocycles. The van der Waals surface area contributed by atoms with Crippen LogP contribution in [0.25, 0.3) is 0 Å². The van der Waals surface area contributed by atoms with Crippen LogP contribution in [0.4, 0.5) is 23.0 Å². The van der Waals surface area contributed by atoms with Crippen LogP contribution in [-0.2, 0) is 4.79 Å². The second kappa shape index (κ2) is 8.55. The minimum Gasteiger partial charge on any atom is -0.460 e. The summed E-state index contributed by atoms with van der Waals surface area (Å²) in [6.45, 7) is 5.63. The second-order valence-corrected chi connectivity index (χ2v) is 5.02. The fourth-order valence-corrected chi connectivity index (χ4v) is 1.78. The number of nitrogens with zero attached hydrogens (tertiary/aromatic N) is 3. The molecule has 0 saturated heterocycles. The molecule has 25 heavy (non-hydrogen) atoms. The summed E-state index contributed by atoms with van der Waals surface area (Å²) in [4.78, 5) is 15.3. The molecule has 0 atom stereocenters. The Hall–Kier alpha value is -3.26. The normalized spacial score (nSPS) is 10.6. The van der Waals surface area contributed by atoms with Crippen LogP contribution in [0.2, 0.25) is 0 Å². The molecule has 0 bridgehead atoms. The smallest absolute Gasteiger partial charge is 0.239 e. The van der Waals surface area contributed by atoms with Crippen LogP contribution in [0.1, 0.15) is 13.3 Å². The number of benzene rings is 1. The first-order chi connectivity index (χ1) is 12.0. The predicted molar refractivity (Wildman–Crippen MR) is 97.0 cm³/mol. The van der Waals surface area contributed by atoms with E-state index in [-0.39, 0.29) is 18.3 Å². The Balaban J connectivity index is 2.19. The molecule has 1 aromatic carbocycles. The van der Waals surface area contributed by atoms with Crippen molar-refractivity contribution < 1.29 is 9.53 Å². The van der Waals surface area contributed by atoms with E-state index >= 15 is 0 Å². The Labute approximate surface area is 145 Å². The Morgan fingerprint density at radius 3 is 2.64 bits per heavy atom. The van der Waals surface area contributed by atoms with Crippen LogP contribution in [0.5, 0.6) is 5.75 Å². The van der Waals surface area contributed by atoms with Gasteiger partial charge in [0.2, 0.25) is 5.91 Å². The van der Waals surface area contributed by atoms with Crippen molar-refractivity contribution in [3.8, 4) is 5.75 Å². The van der Waals surface area contributed by atoms with E-state index in [0.717, 1.165) is 0 Å². The molecule has 2 rings (SSSR count). The van der Waals surface area contributed by atoms with Gasteiger partial charge < -0.3 is 21.5 Å². The first-order valence-electron chi connectivity index (χ1n) is 7.66. The van der Waals surface area contributed by atoms with Crippen molar-refractivity contribution in [2.45, 2.75) is 13.3 Å². The number of anilines is 2. The molecular formula is C17H20N6O2. The first-order valence-corrected chi connectivity index (χ1v) is 7.66. The number of nitrogen functional groups attached to an aromatic ring is 1. The summed E-state index contributed by atoms with van der Waals surface area (Å²) < 4.78 is 5.63. The Morgan fingerprint density at radius 2 is 1.96 bits per heavy atom. The number of nitrogens with two attached hydrogens (primary N) is 2. The molecule has 0 aliphatic rings. The van der Waals surface area contributed by atoms with Crippen molar-refractivity contribution in [2.75, 3.05) is 17.6 Å². The molecule has 1 amide bonds. The van der Waals surface area contributed by atoms with Gasteiger partial charge in [0, 0.05) is 6.42 Å². The van der Waals surface area contributed by atoms with Crippen LogP contribution in [0.15, 0.2) is 59.0 Å². The molecule has 0 spiro atoms. The van der Waals surface area contributed by atoms with E-state index in [1.165, 1.54) is 0 Å². The molecule has 1 aromatic heterocycles. The number of para-hydroxylation sites is 1. The van der Waals surface area contributed by atoms with Crippen LogP contribution < -0.4 is 21.5 Å². The third-order valence-corrected chi connectivity index (χ3v) is 3.13. The van der Waals surface area contributed by atoms with Crippen LogP contribution >= 0.6 is 0 Å². The maximum atomic E-state index is 11.3. The summed E-state index contributed by atoms with van der Waals surface area (Å²) in [6, 6.07) is 10.4. The van der Waals surface area contributed by atoms with Gasteiger partial charge in [-0.1, -0.05) is 25.6 Å². The highest BCUT2D eigenvalue weighted by atomic mass is 16.5. The lowest BCUT2D eigenvalue weighted by Crippen LogP contribution is -2.22. The first kappa shape index (κ1) is 18.1. The molecule has 2 aromatic rings. The van der Waals surface area contributed by atoms with E-state index in [4.69, 9.17) is 16.2 Å². The van der Waals surface area contributed by atoms with E-state index in [9.17, 15) is 4.79 Å². The zero-order valence-electron chi connectivity index (χ0n) is 13.9. The van der Waals surface area contributed by atoms with Crippen molar-refractivity contribution >= 4 is 28.9 Å². The highest BCUT2D eigenvalue weighted by Crippen LogP contribution is 2.31. The molecule has 0 unspecified atom stereocenters. The van der Waals surface area contributed by atoms with Gasteiger partial charge in [0.05, 0.1) is 12.3 Å². The Kier molecular flexibility index (Phi) is 6.19. The van der Waals surface area contributed by atoms with Gasteiger partial charge in [-0.3, -0.25) is 4.79 Å². The minimum atomic E-state index is -0.358. The maximum absolute atomic E-state index is 11.3. The lowest BCUT2D eigenvalue weighted by Gasteiger charge is -2.08. The summed E-state index contributed by atoms with van der Waals surface area (Å²) in [6.07, 6.45) is 0.693. The fourth-order valence-electron chi connectivity index (χ4n) is 1.78. The number of hydrogen-bond donors (Lipinski definition) is 3. The summed E-state index contributed by atoms with van der Waals surface area (Å²) in [5, 5.41) is 10.8. The largest absolute Gasteiger partial charge is 0.460 e. The zero-order chi connectivity index (χ0) is 18.2. The van der Waals surface area contributed by atoms with Crippen molar-refractivity contribution in [3.05, 3.63) is 48.7 Å². The van der Waals surface area contributed by atoms with Gasteiger partial charge in [0.15, 0.2) is 11.6 Å². The van der Waals surface area contributed by atoms with E-state index in [1.54, 1.807) is 24.3 Å².